The molecule has 44 heavy (non-hydrogen) atoms. The molecule has 0 rings (SSSR count). The van der Waals surface area contributed by atoms with Crippen molar-refractivity contribution in [2.45, 2.75) is 177 Å². The molecule has 1 radical (unpaired) electrons. The number of aliphatic hydroxyl groups is 1. The molecule has 0 aliphatic heterocycles. The van der Waals surface area contributed by atoms with Gasteiger partial charge in [0.25, 0.3) is 0 Å². The largest absolute Gasteiger partial charge is 6.00 e. The zero-order valence-electron chi connectivity index (χ0n) is 30.8. The molecule has 0 saturated heterocycles. The Bertz CT molecular complexity index is 479. The molecule has 0 bridgehead atoms. The van der Waals surface area contributed by atoms with Gasteiger partial charge in [0.1, 0.15) is 0 Å². The summed E-state index contributed by atoms with van der Waals surface area (Å²) in [6.45, 7) is 49.2. The van der Waals surface area contributed by atoms with E-state index in [0.29, 0.717) is 6.04 Å². The van der Waals surface area contributed by atoms with Crippen LogP contribution in [0.2, 0.25) is 0 Å². The van der Waals surface area contributed by atoms with E-state index in [0.717, 1.165) is 19.4 Å². The fourth-order valence-electron chi connectivity index (χ4n) is 3.25. The Morgan fingerprint density at radius 3 is 0.886 bits per heavy atom. The van der Waals surface area contributed by atoms with Crippen LogP contribution in [0.1, 0.15) is 131 Å². The Labute approximate surface area is 299 Å². The van der Waals surface area contributed by atoms with Crippen LogP contribution in [0.3, 0.4) is 0 Å². The van der Waals surface area contributed by atoms with Gasteiger partial charge >= 0.3 is 39.0 Å². The van der Waals surface area contributed by atoms with Gasteiger partial charge in [0.2, 0.25) is 0 Å². The molecule has 1 N–H and O–H groups in total. The van der Waals surface area contributed by atoms with Crippen LogP contribution in [0.5, 0.6) is 0 Å². The van der Waals surface area contributed by atoms with Gasteiger partial charge in [-0.3, -0.25) is 27.2 Å². The molecular formula is C32H66N5O5Ru2. The molecule has 2 unspecified atom stereocenters. The molecular weight excluding hydrogens is 737 g/mol. The van der Waals surface area contributed by atoms with E-state index >= 15 is 0 Å². The first-order chi connectivity index (χ1) is 18.9. The molecule has 0 aliphatic rings. The van der Waals surface area contributed by atoms with Gasteiger partial charge < -0.3 is 50.9 Å². The van der Waals surface area contributed by atoms with E-state index in [4.69, 9.17) is 19.2 Å². The van der Waals surface area contributed by atoms with E-state index < -0.39 is 0 Å². The van der Waals surface area contributed by atoms with E-state index in [1.165, 1.54) is 0 Å². The zero-order valence-corrected chi connectivity index (χ0v) is 34.2. The van der Waals surface area contributed by atoms with Crippen molar-refractivity contribution in [3.05, 3.63) is 26.6 Å². The van der Waals surface area contributed by atoms with Crippen LogP contribution in [0.4, 0.5) is 0 Å². The number of rotatable bonds is 9. The van der Waals surface area contributed by atoms with E-state index in [2.05, 4.69) is 137 Å². The van der Waals surface area contributed by atoms with E-state index in [9.17, 15) is 5.11 Å². The van der Waals surface area contributed by atoms with Crippen molar-refractivity contribution in [1.29, 1.82) is 0 Å². The average molecular weight is 803 g/mol. The molecule has 10 nitrogen and oxygen atoms in total. The first kappa shape index (κ1) is 66.2. The number of hydrogen-bond donors (Lipinski definition) is 1. The maximum atomic E-state index is 9.19. The van der Waals surface area contributed by atoms with E-state index in [1.807, 2.05) is 34.6 Å². The molecule has 0 aliphatic carbocycles. The van der Waals surface area contributed by atoms with Gasteiger partial charge in [-0.15, -0.1) is 42.0 Å². The maximum absolute atomic E-state index is 9.19. The minimum absolute atomic E-state index is 0. The van der Waals surface area contributed by atoms with Crippen LogP contribution >= 0.6 is 0 Å². The number of nitrogens with zero attached hydrogens (tertiary/aromatic N) is 5. The third-order valence-corrected chi connectivity index (χ3v) is 3.88. The van der Waals surface area contributed by atoms with Crippen LogP contribution in [0, 0.1) is 0 Å². The topological polar surface area (TPSA) is 159 Å². The fourth-order valence-corrected chi connectivity index (χ4v) is 3.25. The van der Waals surface area contributed by atoms with Crippen LogP contribution in [-0.4, -0.2) is 85.4 Å². The minimum Gasteiger partial charge on any atom is -0.673 e. The molecule has 0 amide bonds. The molecule has 0 aromatic carbocycles. The van der Waals surface area contributed by atoms with Gasteiger partial charge in [-0.1, -0.05) is 104 Å². The maximum Gasteiger partial charge on any atom is 6.00 e. The van der Waals surface area contributed by atoms with Crippen molar-refractivity contribution in [2.75, 3.05) is 6.54 Å². The van der Waals surface area contributed by atoms with Crippen molar-refractivity contribution >= 4 is 27.2 Å². The summed E-state index contributed by atoms with van der Waals surface area (Å²) in [5.74, 6) is 0. The summed E-state index contributed by atoms with van der Waals surface area (Å²) >= 11 is 0. The summed E-state index contributed by atoms with van der Waals surface area (Å²) in [6, 6.07) is 0.319. The summed E-state index contributed by atoms with van der Waals surface area (Å²) in [6.07, 6.45) is 1.69. The molecule has 265 valence electrons. The van der Waals surface area contributed by atoms with Crippen LogP contribution in [0.25, 0.3) is 26.6 Å². The predicted octanol–water partition coefficient (Wildman–Crippen LogP) is 8.18. The van der Waals surface area contributed by atoms with Gasteiger partial charge in [0.15, 0.2) is 0 Å². The molecule has 12 heteroatoms. The predicted molar refractivity (Wildman–Crippen MR) is 183 cm³/mol. The molecule has 0 aromatic rings. The van der Waals surface area contributed by atoms with Crippen LogP contribution < -0.4 is 0 Å². The van der Waals surface area contributed by atoms with Crippen molar-refractivity contribution in [2.24, 2.45) is 0 Å². The summed E-state index contributed by atoms with van der Waals surface area (Å²) in [5.41, 5.74) is 0.0880. The van der Waals surface area contributed by atoms with Crippen molar-refractivity contribution in [3.63, 3.8) is 0 Å². The second-order valence-corrected chi connectivity index (χ2v) is 13.1. The zero-order chi connectivity index (χ0) is 36.0. The second-order valence-electron chi connectivity index (χ2n) is 13.1. The average Bonchev–Trinajstić information content (AvgIpc) is 2.80. The first-order valence-electron chi connectivity index (χ1n) is 14.1. The van der Waals surface area contributed by atoms with Crippen LogP contribution in [-0.2, 0) is 58.1 Å². The molecule has 2 atom stereocenters. The Balaban J connectivity index is -0.0000000524. The summed E-state index contributed by atoms with van der Waals surface area (Å²) in [5, 5.41) is 31.6. The van der Waals surface area contributed by atoms with Crippen LogP contribution in [0.15, 0.2) is 0 Å². The SMILES string of the molecule is CC([N-]C(C)(C)C)[N-]C(C)(C)C.CC([N-]C(C)(C)C)[N-]C(C)(C)C.CC[N-]C(C)CC(O)CC.[CH-]=O.[CH-]=O.[CH-]=O.[CH-]=O.[Ru+3].[Ru+6]. The molecule has 0 saturated carbocycles. The minimum atomic E-state index is -0.162. The monoisotopic (exact) mass is 804 g/mol. The third-order valence-electron chi connectivity index (χ3n) is 3.88. The van der Waals surface area contributed by atoms with Gasteiger partial charge in [0.05, 0.1) is 6.10 Å². The molecule has 0 fully saturated rings. The number of hydrogen-bond acceptors (Lipinski definition) is 5. The van der Waals surface area contributed by atoms with Gasteiger partial charge in [0, 0.05) is 0 Å². The standard InChI is InChI=1S/2C10H22N2.C8H18NO.4CHO.2Ru/c2*1-8(11-9(2,3)4)12-10(5,6)7;1-4-8(10)6-7(3)9-5-2;4*1-2;;/h2*8H,1-7H3;7-8,10H,4-6H2,1-3H3;4*1H;;/q2*-2;5*-1;+3;+6. The van der Waals surface area contributed by atoms with E-state index in [1.54, 1.807) is 0 Å². The summed E-state index contributed by atoms with van der Waals surface area (Å²) < 4.78 is 0. The van der Waals surface area contributed by atoms with E-state index in [-0.39, 0.29) is 79.5 Å². The van der Waals surface area contributed by atoms with Crippen molar-refractivity contribution < 1.29 is 63.2 Å². The molecule has 0 heterocycles. The van der Waals surface area contributed by atoms with Gasteiger partial charge in [-0.2, -0.15) is 6.54 Å². The smallest absolute Gasteiger partial charge is 0.673 e. The Morgan fingerprint density at radius 2 is 0.750 bits per heavy atom. The van der Waals surface area contributed by atoms with Crippen molar-refractivity contribution in [1.82, 2.24) is 0 Å². The quantitative estimate of drug-likeness (QED) is 0.141. The summed E-state index contributed by atoms with van der Waals surface area (Å²) in [4.78, 5) is 31.0. The molecule has 0 aromatic heterocycles. The van der Waals surface area contributed by atoms with Gasteiger partial charge in [-0.25, -0.2) is 12.3 Å². The molecule has 0 spiro atoms. The number of carbonyl (C=O) groups excluding carboxylic acids is 4. The Hall–Kier alpha value is -0.313. The summed E-state index contributed by atoms with van der Waals surface area (Å²) in [7, 11) is 0. The number of aliphatic hydroxyl groups excluding tert-OH is 1. The van der Waals surface area contributed by atoms with Crippen molar-refractivity contribution in [3.8, 4) is 0 Å². The Kier molecular flexibility index (Phi) is 58.4. The first-order valence-corrected chi connectivity index (χ1v) is 14.1. The second kappa shape index (κ2) is 38.9. The van der Waals surface area contributed by atoms with Gasteiger partial charge in [-0.05, 0) is 12.8 Å². The third kappa shape index (κ3) is 83.9. The Morgan fingerprint density at radius 1 is 0.545 bits per heavy atom. The normalized spacial score (nSPS) is 11.8. The fraction of sp³-hybridized carbons (Fsp3) is 0.875.